The van der Waals surface area contributed by atoms with Crippen molar-refractivity contribution < 1.29 is 0 Å². The number of nitrogens with one attached hydrogen (secondary N) is 1. The molecule has 1 N–H and O–H groups in total. The number of anilines is 1. The fourth-order valence-electron chi connectivity index (χ4n) is 3.30. The quantitative estimate of drug-likeness (QED) is 0.860. The van der Waals surface area contributed by atoms with Crippen LogP contribution in [0, 0.1) is 5.92 Å². The Labute approximate surface area is 110 Å². The first-order chi connectivity index (χ1) is 8.81. The van der Waals surface area contributed by atoms with Gasteiger partial charge in [0, 0.05) is 18.3 Å². The van der Waals surface area contributed by atoms with Gasteiger partial charge in [-0.3, -0.25) is 0 Å². The lowest BCUT2D eigenvalue weighted by Gasteiger charge is -2.24. The molecule has 2 heterocycles. The number of rotatable bonds is 2. The normalized spacial score (nSPS) is 28.5. The Morgan fingerprint density at radius 3 is 3.00 bits per heavy atom. The topological polar surface area (TPSA) is 15.3 Å². The van der Waals surface area contributed by atoms with E-state index in [2.05, 4.69) is 41.4 Å². The molecule has 3 rings (SSSR count). The summed E-state index contributed by atoms with van der Waals surface area (Å²) in [5.41, 5.74) is 2.84. The number of benzene rings is 1. The third kappa shape index (κ3) is 2.69. The zero-order chi connectivity index (χ0) is 12.4. The van der Waals surface area contributed by atoms with Crippen LogP contribution in [0.5, 0.6) is 0 Å². The highest BCUT2D eigenvalue weighted by atomic mass is 15.2. The van der Waals surface area contributed by atoms with Crippen molar-refractivity contribution in [1.29, 1.82) is 0 Å². The van der Waals surface area contributed by atoms with Crippen LogP contribution in [-0.4, -0.2) is 30.6 Å². The minimum absolute atomic E-state index is 0.621. The van der Waals surface area contributed by atoms with Gasteiger partial charge in [0.2, 0.25) is 0 Å². The molecule has 0 radical (unpaired) electrons. The van der Waals surface area contributed by atoms with Crippen molar-refractivity contribution in [2.24, 2.45) is 5.92 Å². The Morgan fingerprint density at radius 2 is 2.11 bits per heavy atom. The fraction of sp³-hybridized carbons (Fsp3) is 0.625. The van der Waals surface area contributed by atoms with Crippen molar-refractivity contribution in [2.45, 2.75) is 38.6 Å². The lowest BCUT2D eigenvalue weighted by molar-refractivity contribution is 0.271. The number of hydrogen-bond donors (Lipinski definition) is 1. The first kappa shape index (κ1) is 12.0. The minimum Gasteiger partial charge on any atom is -0.380 e. The lowest BCUT2D eigenvalue weighted by atomic mass is 10.0. The number of likely N-dealkylation sites (tertiary alicyclic amines) is 1. The van der Waals surface area contributed by atoms with Gasteiger partial charge < -0.3 is 10.2 Å². The molecule has 0 aromatic heterocycles. The fourth-order valence-corrected chi connectivity index (χ4v) is 3.30. The van der Waals surface area contributed by atoms with E-state index < -0.39 is 0 Å². The van der Waals surface area contributed by atoms with Gasteiger partial charge in [0.05, 0.1) is 0 Å². The Balaban J connectivity index is 1.56. The molecule has 2 heteroatoms. The lowest BCUT2D eigenvalue weighted by Crippen LogP contribution is -2.36. The number of nitrogens with zero attached hydrogens (tertiary/aromatic N) is 1. The van der Waals surface area contributed by atoms with Crippen LogP contribution in [0.4, 0.5) is 5.69 Å². The highest BCUT2D eigenvalue weighted by Crippen LogP contribution is 2.26. The predicted molar refractivity (Wildman–Crippen MR) is 77.0 cm³/mol. The number of hydrogen-bond acceptors (Lipinski definition) is 2. The third-order valence-electron chi connectivity index (χ3n) is 4.43. The summed E-state index contributed by atoms with van der Waals surface area (Å²) in [6.45, 7) is 6.18. The van der Waals surface area contributed by atoms with E-state index in [1.807, 2.05) is 0 Å². The van der Waals surface area contributed by atoms with Crippen LogP contribution in [0.2, 0.25) is 0 Å². The van der Waals surface area contributed by atoms with Gasteiger partial charge in [-0.15, -0.1) is 0 Å². The molecule has 18 heavy (non-hydrogen) atoms. The molecule has 2 aliphatic heterocycles. The number of para-hydroxylation sites is 1. The maximum Gasteiger partial charge on any atom is 0.0429 e. The van der Waals surface area contributed by atoms with Crippen LogP contribution in [-0.2, 0) is 6.42 Å². The molecule has 0 spiro atoms. The third-order valence-corrected chi connectivity index (χ3v) is 4.43. The van der Waals surface area contributed by atoms with Gasteiger partial charge in [-0.05, 0) is 56.3 Å². The Morgan fingerprint density at radius 1 is 1.22 bits per heavy atom. The first-order valence-corrected chi connectivity index (χ1v) is 7.38. The van der Waals surface area contributed by atoms with Crippen LogP contribution in [0.1, 0.15) is 31.7 Å². The van der Waals surface area contributed by atoms with Gasteiger partial charge >= 0.3 is 0 Å². The van der Waals surface area contributed by atoms with Crippen LogP contribution in [0.25, 0.3) is 0 Å². The summed E-state index contributed by atoms with van der Waals surface area (Å²) >= 11 is 0. The smallest absolute Gasteiger partial charge is 0.0429 e. The van der Waals surface area contributed by atoms with E-state index in [-0.39, 0.29) is 0 Å². The predicted octanol–water partition coefficient (Wildman–Crippen LogP) is 3.15. The highest BCUT2D eigenvalue weighted by Gasteiger charge is 2.23. The van der Waals surface area contributed by atoms with E-state index in [0.29, 0.717) is 6.04 Å². The molecule has 1 saturated heterocycles. The average molecular weight is 244 g/mol. The van der Waals surface area contributed by atoms with Crippen LogP contribution in [0.3, 0.4) is 0 Å². The highest BCUT2D eigenvalue weighted by molar-refractivity contribution is 5.56. The van der Waals surface area contributed by atoms with Gasteiger partial charge in [-0.2, -0.15) is 0 Å². The van der Waals surface area contributed by atoms with E-state index in [9.17, 15) is 0 Å². The maximum absolute atomic E-state index is 3.67. The van der Waals surface area contributed by atoms with E-state index in [0.717, 1.165) is 5.92 Å². The molecule has 2 unspecified atom stereocenters. The summed E-state index contributed by atoms with van der Waals surface area (Å²) in [5, 5.41) is 3.67. The summed E-state index contributed by atoms with van der Waals surface area (Å²) in [6.07, 6.45) is 5.36. The molecule has 2 atom stereocenters. The monoisotopic (exact) mass is 244 g/mol. The SMILES string of the molecule is CC1CCCN(CC2Cc3ccccc3N2)CC1. The second-order valence-electron chi connectivity index (χ2n) is 6.04. The Hall–Kier alpha value is -1.02. The largest absolute Gasteiger partial charge is 0.380 e. The second-order valence-corrected chi connectivity index (χ2v) is 6.04. The van der Waals surface area contributed by atoms with Crippen molar-refractivity contribution in [2.75, 3.05) is 25.0 Å². The summed E-state index contributed by atoms with van der Waals surface area (Å²) in [7, 11) is 0. The zero-order valence-electron chi connectivity index (χ0n) is 11.4. The average Bonchev–Trinajstić information content (AvgIpc) is 2.66. The molecule has 0 amide bonds. The standard InChI is InChI=1S/C16H24N2/c1-13-5-4-9-18(10-8-13)12-15-11-14-6-2-3-7-16(14)17-15/h2-3,6-7,13,15,17H,4-5,8-12H2,1H3. The maximum atomic E-state index is 3.67. The van der Waals surface area contributed by atoms with Gasteiger partial charge in [0.1, 0.15) is 0 Å². The molecule has 2 nitrogen and oxygen atoms in total. The Bertz CT molecular complexity index is 377. The van der Waals surface area contributed by atoms with Gasteiger partial charge in [-0.25, -0.2) is 0 Å². The molecule has 0 aliphatic carbocycles. The molecule has 0 bridgehead atoms. The Kier molecular flexibility index (Phi) is 3.55. The van der Waals surface area contributed by atoms with Crippen molar-refractivity contribution in [3.63, 3.8) is 0 Å². The van der Waals surface area contributed by atoms with Crippen LogP contribution < -0.4 is 5.32 Å². The molecule has 1 aromatic carbocycles. The zero-order valence-corrected chi connectivity index (χ0v) is 11.4. The van der Waals surface area contributed by atoms with E-state index in [4.69, 9.17) is 0 Å². The van der Waals surface area contributed by atoms with Crippen molar-refractivity contribution in [1.82, 2.24) is 4.90 Å². The minimum atomic E-state index is 0.621. The first-order valence-electron chi connectivity index (χ1n) is 7.38. The van der Waals surface area contributed by atoms with Crippen molar-refractivity contribution in [3.05, 3.63) is 29.8 Å². The molecule has 2 aliphatic rings. The van der Waals surface area contributed by atoms with E-state index >= 15 is 0 Å². The molecular weight excluding hydrogens is 220 g/mol. The second kappa shape index (κ2) is 5.31. The molecular formula is C16H24N2. The molecule has 1 fully saturated rings. The summed E-state index contributed by atoms with van der Waals surface area (Å²) in [4.78, 5) is 2.66. The molecule has 1 aromatic rings. The molecule has 0 saturated carbocycles. The van der Waals surface area contributed by atoms with Gasteiger partial charge in [0.15, 0.2) is 0 Å². The summed E-state index contributed by atoms with van der Waals surface area (Å²) in [6, 6.07) is 9.36. The van der Waals surface area contributed by atoms with Crippen molar-refractivity contribution >= 4 is 5.69 Å². The van der Waals surface area contributed by atoms with Gasteiger partial charge in [0.25, 0.3) is 0 Å². The van der Waals surface area contributed by atoms with Crippen LogP contribution >= 0.6 is 0 Å². The molecule has 98 valence electrons. The van der Waals surface area contributed by atoms with Crippen molar-refractivity contribution in [3.8, 4) is 0 Å². The van der Waals surface area contributed by atoms with E-state index in [1.54, 1.807) is 0 Å². The van der Waals surface area contributed by atoms with E-state index in [1.165, 1.54) is 56.6 Å². The van der Waals surface area contributed by atoms with Crippen LogP contribution in [0.15, 0.2) is 24.3 Å². The van der Waals surface area contributed by atoms with Gasteiger partial charge in [-0.1, -0.05) is 25.1 Å². The summed E-state index contributed by atoms with van der Waals surface area (Å²) < 4.78 is 0. The number of fused-ring (bicyclic) bond motifs is 1. The summed E-state index contributed by atoms with van der Waals surface area (Å²) in [5.74, 6) is 0.920.